The molecule has 4 heteroatoms. The molecule has 3 nitrogen and oxygen atoms in total. The van der Waals surface area contributed by atoms with Crippen molar-refractivity contribution in [3.63, 3.8) is 0 Å². The van der Waals surface area contributed by atoms with Crippen molar-refractivity contribution in [2.75, 3.05) is 25.0 Å². The van der Waals surface area contributed by atoms with Crippen LogP contribution in [0, 0.1) is 18.8 Å². The van der Waals surface area contributed by atoms with Crippen LogP contribution in [0.4, 0.5) is 5.69 Å². The number of hydrogen-bond donors (Lipinski definition) is 2. The summed E-state index contributed by atoms with van der Waals surface area (Å²) in [7, 11) is 0. The lowest BCUT2D eigenvalue weighted by atomic mass is 9.92. The molecule has 2 rings (SSSR count). The quantitative estimate of drug-likeness (QED) is 0.870. The lowest BCUT2D eigenvalue weighted by Crippen LogP contribution is -3.15. The zero-order valence-electron chi connectivity index (χ0n) is 12.5. The lowest BCUT2D eigenvalue weighted by molar-refractivity contribution is -0.904. The van der Waals surface area contributed by atoms with E-state index in [1.54, 1.807) is 0 Å². The van der Waals surface area contributed by atoms with E-state index in [1.807, 2.05) is 25.1 Å². The predicted molar refractivity (Wildman–Crippen MR) is 86.0 cm³/mol. The first-order valence-corrected chi connectivity index (χ1v) is 8.13. The number of quaternary nitrogens is 1. The number of amides is 1. The normalized spacial score (nSPS) is 26.3. The Hall–Kier alpha value is -0.870. The fourth-order valence-electron chi connectivity index (χ4n) is 3.26. The number of aryl methyl sites for hydroxylation is 1. The van der Waals surface area contributed by atoms with Crippen LogP contribution < -0.4 is 10.2 Å². The van der Waals surface area contributed by atoms with E-state index < -0.39 is 0 Å². The molecule has 0 bridgehead atoms. The van der Waals surface area contributed by atoms with E-state index >= 15 is 0 Å². The van der Waals surface area contributed by atoms with Gasteiger partial charge in [0.25, 0.3) is 5.91 Å². The summed E-state index contributed by atoms with van der Waals surface area (Å²) in [6.45, 7) is 9.37. The van der Waals surface area contributed by atoms with Gasteiger partial charge in [-0.3, -0.25) is 4.79 Å². The number of nitrogens with one attached hydrogen (secondary N) is 2. The van der Waals surface area contributed by atoms with Gasteiger partial charge in [-0.05, 0) is 37.1 Å². The van der Waals surface area contributed by atoms with Crippen molar-refractivity contribution in [1.82, 2.24) is 0 Å². The molecule has 0 saturated carbocycles. The van der Waals surface area contributed by atoms with Gasteiger partial charge in [0.2, 0.25) is 0 Å². The number of benzene rings is 1. The van der Waals surface area contributed by atoms with Crippen molar-refractivity contribution < 1.29 is 9.69 Å². The monoisotopic (exact) mass is 339 g/mol. The lowest BCUT2D eigenvalue weighted by Gasteiger charge is -2.31. The average Bonchev–Trinajstić information content (AvgIpc) is 2.31. The Morgan fingerprint density at radius 2 is 2.00 bits per heavy atom. The van der Waals surface area contributed by atoms with Crippen LogP contribution in [0.2, 0.25) is 0 Å². The minimum atomic E-state index is 0.117. The molecule has 0 aromatic heterocycles. The van der Waals surface area contributed by atoms with Gasteiger partial charge in [0, 0.05) is 22.0 Å². The first-order valence-electron chi connectivity index (χ1n) is 7.33. The number of rotatable bonds is 3. The highest BCUT2D eigenvalue weighted by atomic mass is 79.9. The molecule has 1 aliphatic heterocycles. The Bertz CT molecular complexity index is 479. The van der Waals surface area contributed by atoms with Crippen LogP contribution in [0.25, 0.3) is 0 Å². The van der Waals surface area contributed by atoms with E-state index in [0.29, 0.717) is 6.54 Å². The number of hydrogen-bond acceptors (Lipinski definition) is 1. The number of likely N-dealkylation sites (tertiary alicyclic amines) is 1. The minimum absolute atomic E-state index is 0.117. The minimum Gasteiger partial charge on any atom is -0.327 e. The summed E-state index contributed by atoms with van der Waals surface area (Å²) in [4.78, 5) is 13.6. The third-order valence-corrected chi connectivity index (χ3v) is 4.45. The van der Waals surface area contributed by atoms with Gasteiger partial charge >= 0.3 is 0 Å². The summed E-state index contributed by atoms with van der Waals surface area (Å²) in [5, 5.41) is 3.03. The van der Waals surface area contributed by atoms with Crippen molar-refractivity contribution in [3.8, 4) is 0 Å². The van der Waals surface area contributed by atoms with Gasteiger partial charge in [-0.2, -0.15) is 0 Å². The molecule has 1 fully saturated rings. The second kappa shape index (κ2) is 6.72. The molecule has 0 spiro atoms. The van der Waals surface area contributed by atoms with Crippen molar-refractivity contribution in [1.29, 1.82) is 0 Å². The molecule has 2 N–H and O–H groups in total. The SMILES string of the molecule is Cc1cc(Br)ccc1NC(=O)C[NH+]1C[C@H](C)C[C@H](C)C1. The second-order valence-corrected chi connectivity index (χ2v) is 7.20. The van der Waals surface area contributed by atoms with Crippen molar-refractivity contribution in [3.05, 3.63) is 28.2 Å². The van der Waals surface area contributed by atoms with Gasteiger partial charge in [0.1, 0.15) is 0 Å². The standard InChI is InChI=1S/C16H23BrN2O/c1-11-6-12(2)9-19(8-11)10-16(20)18-15-5-4-14(17)7-13(15)3/h4-5,7,11-12H,6,8-10H2,1-3H3,(H,18,20)/p+1/t11-,12+. The molecule has 0 radical (unpaired) electrons. The third-order valence-electron chi connectivity index (χ3n) is 3.95. The predicted octanol–water partition coefficient (Wildman–Crippen LogP) is 2.26. The number of halogens is 1. The van der Waals surface area contributed by atoms with Crippen LogP contribution >= 0.6 is 15.9 Å². The first kappa shape index (κ1) is 15.5. The Morgan fingerprint density at radius 1 is 1.35 bits per heavy atom. The molecular weight excluding hydrogens is 316 g/mol. The summed E-state index contributed by atoms with van der Waals surface area (Å²) < 4.78 is 1.04. The van der Waals surface area contributed by atoms with E-state index in [-0.39, 0.29) is 5.91 Å². The number of carbonyl (C=O) groups is 1. The Kier molecular flexibility index (Phi) is 5.22. The number of anilines is 1. The van der Waals surface area contributed by atoms with E-state index in [2.05, 4.69) is 35.1 Å². The molecule has 20 heavy (non-hydrogen) atoms. The molecular formula is C16H24BrN2O+. The van der Waals surface area contributed by atoms with E-state index in [0.717, 1.165) is 40.6 Å². The topological polar surface area (TPSA) is 33.5 Å². The molecule has 1 amide bonds. The smallest absolute Gasteiger partial charge is 0.279 e. The van der Waals surface area contributed by atoms with E-state index in [1.165, 1.54) is 11.3 Å². The molecule has 3 atom stereocenters. The molecule has 1 aliphatic rings. The highest BCUT2D eigenvalue weighted by Gasteiger charge is 2.26. The van der Waals surface area contributed by atoms with E-state index in [4.69, 9.17) is 0 Å². The maximum atomic E-state index is 12.2. The fourth-order valence-corrected chi connectivity index (χ4v) is 3.73. The van der Waals surface area contributed by atoms with Crippen LogP contribution in [0.15, 0.2) is 22.7 Å². The van der Waals surface area contributed by atoms with Crippen LogP contribution in [-0.2, 0) is 4.79 Å². The summed E-state index contributed by atoms with van der Waals surface area (Å²) in [6, 6.07) is 5.93. The first-order chi connectivity index (χ1) is 9.44. The zero-order valence-corrected chi connectivity index (χ0v) is 14.1. The Balaban J connectivity index is 1.92. The van der Waals surface area contributed by atoms with Crippen molar-refractivity contribution in [2.45, 2.75) is 27.2 Å². The van der Waals surface area contributed by atoms with Crippen molar-refractivity contribution >= 4 is 27.5 Å². The Labute approximate surface area is 129 Å². The molecule has 1 saturated heterocycles. The van der Waals surface area contributed by atoms with Crippen LogP contribution in [0.1, 0.15) is 25.8 Å². The highest BCUT2D eigenvalue weighted by Crippen LogP contribution is 2.19. The second-order valence-electron chi connectivity index (χ2n) is 6.29. The van der Waals surface area contributed by atoms with Crippen LogP contribution in [0.5, 0.6) is 0 Å². The van der Waals surface area contributed by atoms with E-state index in [9.17, 15) is 4.79 Å². The van der Waals surface area contributed by atoms with Crippen LogP contribution in [-0.4, -0.2) is 25.5 Å². The number of piperidine rings is 1. The maximum Gasteiger partial charge on any atom is 0.279 e. The molecule has 1 heterocycles. The van der Waals surface area contributed by atoms with Gasteiger partial charge in [-0.15, -0.1) is 0 Å². The molecule has 1 aromatic carbocycles. The van der Waals surface area contributed by atoms with Gasteiger partial charge in [0.05, 0.1) is 13.1 Å². The average molecular weight is 340 g/mol. The maximum absolute atomic E-state index is 12.2. The molecule has 110 valence electrons. The van der Waals surface area contributed by atoms with Gasteiger partial charge < -0.3 is 10.2 Å². The van der Waals surface area contributed by atoms with Gasteiger partial charge in [-0.25, -0.2) is 0 Å². The molecule has 0 aliphatic carbocycles. The van der Waals surface area contributed by atoms with Crippen molar-refractivity contribution in [2.24, 2.45) is 11.8 Å². The Morgan fingerprint density at radius 3 is 2.60 bits per heavy atom. The van der Waals surface area contributed by atoms with Gasteiger partial charge in [-0.1, -0.05) is 29.8 Å². The summed E-state index contributed by atoms with van der Waals surface area (Å²) in [5.74, 6) is 1.55. The zero-order chi connectivity index (χ0) is 14.7. The van der Waals surface area contributed by atoms with Gasteiger partial charge in [0.15, 0.2) is 6.54 Å². The largest absolute Gasteiger partial charge is 0.327 e. The highest BCUT2D eigenvalue weighted by molar-refractivity contribution is 9.10. The third kappa shape index (κ3) is 4.32. The fraction of sp³-hybridized carbons (Fsp3) is 0.562. The van der Waals surface area contributed by atoms with Crippen LogP contribution in [0.3, 0.4) is 0 Å². The summed E-state index contributed by atoms with van der Waals surface area (Å²) >= 11 is 3.44. The number of carbonyl (C=O) groups excluding carboxylic acids is 1. The summed E-state index contributed by atoms with van der Waals surface area (Å²) in [6.07, 6.45) is 1.29. The molecule has 1 aromatic rings. The molecule has 1 unspecified atom stereocenters. The summed E-state index contributed by atoms with van der Waals surface area (Å²) in [5.41, 5.74) is 2.00.